The van der Waals surface area contributed by atoms with Crippen molar-refractivity contribution < 1.29 is 0 Å². The van der Waals surface area contributed by atoms with Gasteiger partial charge >= 0.3 is 0 Å². The quantitative estimate of drug-likeness (QED) is 0.835. The van der Waals surface area contributed by atoms with E-state index in [0.717, 1.165) is 31.3 Å². The second-order valence-corrected chi connectivity index (χ2v) is 6.71. The molecular weight excluding hydrogens is 314 g/mol. The van der Waals surface area contributed by atoms with Gasteiger partial charge in [0.15, 0.2) is 5.11 Å². The highest BCUT2D eigenvalue weighted by Gasteiger charge is 2.16. The molecule has 0 saturated carbocycles. The summed E-state index contributed by atoms with van der Waals surface area (Å²) in [7, 11) is 2.06. The lowest BCUT2D eigenvalue weighted by atomic mass is 10.1. The molecule has 0 spiro atoms. The van der Waals surface area contributed by atoms with Gasteiger partial charge in [0.05, 0.1) is 0 Å². The molecule has 1 heterocycles. The van der Waals surface area contributed by atoms with Crippen LogP contribution in [0.3, 0.4) is 0 Å². The first-order chi connectivity index (χ1) is 11.7. The van der Waals surface area contributed by atoms with Gasteiger partial charge in [-0.2, -0.15) is 0 Å². The molecule has 24 heavy (non-hydrogen) atoms. The van der Waals surface area contributed by atoms with E-state index in [1.807, 2.05) is 6.07 Å². The van der Waals surface area contributed by atoms with Gasteiger partial charge in [0.2, 0.25) is 0 Å². The van der Waals surface area contributed by atoms with Gasteiger partial charge in [0.25, 0.3) is 0 Å². The highest BCUT2D eigenvalue weighted by atomic mass is 32.1. The maximum atomic E-state index is 5.55. The van der Waals surface area contributed by atoms with Crippen molar-refractivity contribution >= 4 is 23.0 Å². The van der Waals surface area contributed by atoms with E-state index >= 15 is 0 Å². The topological polar surface area (TPSA) is 18.5 Å². The van der Waals surface area contributed by atoms with Gasteiger partial charge in [-0.3, -0.25) is 0 Å². The SMILES string of the molecule is CN(Cc1ccccc1N1CCCC1)C(=S)NCc1ccccc1. The van der Waals surface area contributed by atoms with Crippen molar-refractivity contribution in [1.82, 2.24) is 10.2 Å². The zero-order valence-electron chi connectivity index (χ0n) is 14.2. The molecule has 3 nitrogen and oxygen atoms in total. The maximum Gasteiger partial charge on any atom is 0.169 e. The lowest BCUT2D eigenvalue weighted by Crippen LogP contribution is -2.36. The van der Waals surface area contributed by atoms with Crippen molar-refractivity contribution in [3.8, 4) is 0 Å². The van der Waals surface area contributed by atoms with Crippen LogP contribution in [-0.4, -0.2) is 30.1 Å². The fourth-order valence-corrected chi connectivity index (χ4v) is 3.28. The first-order valence-corrected chi connectivity index (χ1v) is 9.00. The number of nitrogens with zero attached hydrogens (tertiary/aromatic N) is 2. The predicted molar refractivity (Wildman–Crippen MR) is 105 cm³/mol. The third-order valence-corrected chi connectivity index (χ3v) is 4.94. The first-order valence-electron chi connectivity index (χ1n) is 8.60. The Bertz CT molecular complexity index is 666. The molecule has 2 aromatic rings. The molecule has 0 aromatic heterocycles. The Morgan fingerprint density at radius 1 is 1.04 bits per heavy atom. The Morgan fingerprint density at radius 2 is 1.71 bits per heavy atom. The monoisotopic (exact) mass is 339 g/mol. The van der Waals surface area contributed by atoms with E-state index in [2.05, 4.69) is 70.7 Å². The highest BCUT2D eigenvalue weighted by molar-refractivity contribution is 7.80. The van der Waals surface area contributed by atoms with Crippen molar-refractivity contribution in [3.63, 3.8) is 0 Å². The lowest BCUT2D eigenvalue weighted by molar-refractivity contribution is 0.488. The van der Waals surface area contributed by atoms with Crippen LogP contribution in [0.2, 0.25) is 0 Å². The zero-order chi connectivity index (χ0) is 16.8. The second kappa shape index (κ2) is 8.15. The Balaban J connectivity index is 1.60. The number of hydrogen-bond acceptors (Lipinski definition) is 2. The zero-order valence-corrected chi connectivity index (χ0v) is 15.1. The molecule has 3 rings (SSSR count). The normalized spacial score (nSPS) is 13.8. The summed E-state index contributed by atoms with van der Waals surface area (Å²) in [6.45, 7) is 3.92. The Labute approximate surface area is 150 Å². The average molecular weight is 340 g/mol. The number of benzene rings is 2. The van der Waals surface area contributed by atoms with Gasteiger partial charge in [0, 0.05) is 38.9 Å². The van der Waals surface area contributed by atoms with Gasteiger partial charge in [-0.05, 0) is 42.3 Å². The molecule has 0 unspecified atom stereocenters. The van der Waals surface area contributed by atoms with Crippen molar-refractivity contribution in [1.29, 1.82) is 0 Å². The average Bonchev–Trinajstić information content (AvgIpc) is 3.15. The van der Waals surface area contributed by atoms with Crippen LogP contribution in [0.1, 0.15) is 24.0 Å². The molecule has 0 radical (unpaired) electrons. The summed E-state index contributed by atoms with van der Waals surface area (Å²) < 4.78 is 0. The molecule has 126 valence electrons. The van der Waals surface area contributed by atoms with Gasteiger partial charge in [-0.15, -0.1) is 0 Å². The number of anilines is 1. The van der Waals surface area contributed by atoms with Crippen LogP contribution in [0.15, 0.2) is 54.6 Å². The fourth-order valence-electron chi connectivity index (χ4n) is 3.15. The number of nitrogens with one attached hydrogen (secondary N) is 1. The smallest absolute Gasteiger partial charge is 0.169 e. The minimum absolute atomic E-state index is 0.762. The van der Waals surface area contributed by atoms with Crippen molar-refractivity contribution in [2.24, 2.45) is 0 Å². The molecule has 0 amide bonds. The van der Waals surface area contributed by atoms with Gasteiger partial charge in [-0.25, -0.2) is 0 Å². The van der Waals surface area contributed by atoms with Crippen LogP contribution in [0.25, 0.3) is 0 Å². The van der Waals surface area contributed by atoms with Gasteiger partial charge in [0.1, 0.15) is 0 Å². The number of thiocarbonyl (C=S) groups is 1. The van der Waals surface area contributed by atoms with Crippen LogP contribution in [0, 0.1) is 0 Å². The maximum absolute atomic E-state index is 5.55. The third-order valence-electron chi connectivity index (χ3n) is 4.48. The van der Waals surface area contributed by atoms with E-state index in [0.29, 0.717) is 0 Å². The van der Waals surface area contributed by atoms with Crippen LogP contribution in [-0.2, 0) is 13.1 Å². The van der Waals surface area contributed by atoms with E-state index in [-0.39, 0.29) is 0 Å². The van der Waals surface area contributed by atoms with E-state index in [1.165, 1.54) is 29.7 Å². The van der Waals surface area contributed by atoms with E-state index < -0.39 is 0 Å². The fraction of sp³-hybridized carbons (Fsp3) is 0.350. The largest absolute Gasteiger partial charge is 0.371 e. The number of hydrogen-bond donors (Lipinski definition) is 1. The molecule has 1 saturated heterocycles. The predicted octanol–water partition coefficient (Wildman–Crippen LogP) is 3.79. The standard InChI is InChI=1S/C20H25N3S/c1-22(20(24)21-15-17-9-3-2-4-10-17)16-18-11-5-6-12-19(18)23-13-7-8-14-23/h2-6,9-12H,7-8,13-16H2,1H3,(H,21,24). The summed E-state index contributed by atoms with van der Waals surface area (Å²) in [5.41, 5.74) is 3.93. The van der Waals surface area contributed by atoms with Crippen LogP contribution < -0.4 is 10.2 Å². The summed E-state index contributed by atoms with van der Waals surface area (Å²) in [6, 6.07) is 19.0. The molecule has 1 N–H and O–H groups in total. The molecule has 0 bridgehead atoms. The number of para-hydroxylation sites is 1. The Hall–Kier alpha value is -2.07. The third kappa shape index (κ3) is 4.26. The van der Waals surface area contributed by atoms with Crippen molar-refractivity contribution in [2.75, 3.05) is 25.0 Å². The molecule has 1 aliphatic heterocycles. The lowest BCUT2D eigenvalue weighted by Gasteiger charge is -2.26. The first kappa shape index (κ1) is 16.8. The molecular formula is C20H25N3S. The van der Waals surface area contributed by atoms with E-state index in [1.54, 1.807) is 0 Å². The Morgan fingerprint density at radius 3 is 2.46 bits per heavy atom. The summed E-state index contributed by atoms with van der Waals surface area (Å²) in [4.78, 5) is 4.61. The Kier molecular flexibility index (Phi) is 5.70. The summed E-state index contributed by atoms with van der Waals surface area (Å²) in [5, 5.41) is 4.14. The summed E-state index contributed by atoms with van der Waals surface area (Å²) in [6.07, 6.45) is 2.59. The summed E-state index contributed by atoms with van der Waals surface area (Å²) in [5.74, 6) is 0. The molecule has 4 heteroatoms. The second-order valence-electron chi connectivity index (χ2n) is 6.32. The molecule has 2 aromatic carbocycles. The van der Waals surface area contributed by atoms with Crippen LogP contribution >= 0.6 is 12.2 Å². The van der Waals surface area contributed by atoms with Crippen LogP contribution in [0.4, 0.5) is 5.69 Å². The molecule has 1 aliphatic rings. The van der Waals surface area contributed by atoms with Crippen molar-refractivity contribution in [3.05, 3.63) is 65.7 Å². The minimum atomic E-state index is 0.762. The molecule has 1 fully saturated rings. The van der Waals surface area contributed by atoms with E-state index in [9.17, 15) is 0 Å². The molecule has 0 aliphatic carbocycles. The van der Waals surface area contributed by atoms with E-state index in [4.69, 9.17) is 12.2 Å². The van der Waals surface area contributed by atoms with Gasteiger partial charge in [-0.1, -0.05) is 48.5 Å². The van der Waals surface area contributed by atoms with Crippen LogP contribution in [0.5, 0.6) is 0 Å². The summed E-state index contributed by atoms with van der Waals surface area (Å²) >= 11 is 5.55. The van der Waals surface area contributed by atoms with Crippen molar-refractivity contribution in [2.45, 2.75) is 25.9 Å². The number of rotatable bonds is 5. The van der Waals surface area contributed by atoms with Gasteiger partial charge < -0.3 is 15.1 Å². The molecule has 0 atom stereocenters. The highest BCUT2D eigenvalue weighted by Crippen LogP contribution is 2.25. The minimum Gasteiger partial charge on any atom is -0.371 e.